The number of hydrogen-bond acceptors (Lipinski definition) is 4. The molecule has 0 aromatic heterocycles. The predicted octanol–water partition coefficient (Wildman–Crippen LogP) is 3.51. The lowest BCUT2D eigenvalue weighted by atomic mass is 10.1. The molecule has 0 fully saturated rings. The average Bonchev–Trinajstić information content (AvgIpc) is 2.60. The Bertz CT molecular complexity index is 705. The summed E-state index contributed by atoms with van der Waals surface area (Å²) in [6.45, 7) is 0.793. The molecule has 5 nitrogen and oxygen atoms in total. The van der Waals surface area contributed by atoms with Gasteiger partial charge >= 0.3 is 0 Å². The van der Waals surface area contributed by atoms with E-state index in [9.17, 15) is 4.79 Å². The number of halogens is 1. The Morgan fingerprint density at radius 1 is 1.08 bits per heavy atom. The van der Waals surface area contributed by atoms with Crippen LogP contribution in [0.3, 0.4) is 0 Å². The number of methoxy groups -OCH3 is 2. The maximum absolute atomic E-state index is 12.5. The van der Waals surface area contributed by atoms with E-state index in [1.54, 1.807) is 49.4 Å². The van der Waals surface area contributed by atoms with Crippen molar-refractivity contribution in [2.24, 2.45) is 0 Å². The first kappa shape index (κ1) is 17.9. The minimum atomic E-state index is -0.149. The van der Waals surface area contributed by atoms with Gasteiger partial charge in [-0.15, -0.1) is 0 Å². The van der Waals surface area contributed by atoms with Gasteiger partial charge in [0.25, 0.3) is 5.91 Å². The first-order valence-electron chi connectivity index (χ1n) is 7.41. The number of carbonyl (C=O) groups is 1. The van der Waals surface area contributed by atoms with E-state index in [4.69, 9.17) is 25.8 Å². The van der Waals surface area contributed by atoms with Crippen molar-refractivity contribution in [1.29, 1.82) is 0 Å². The Hall–Kier alpha value is -2.40. The second kappa shape index (κ2) is 8.45. The Kier molecular flexibility index (Phi) is 6.32. The van der Waals surface area contributed by atoms with Crippen molar-refractivity contribution in [3.05, 3.63) is 53.1 Å². The third kappa shape index (κ3) is 4.55. The van der Waals surface area contributed by atoms with Gasteiger partial charge < -0.3 is 19.1 Å². The van der Waals surface area contributed by atoms with Gasteiger partial charge in [-0.2, -0.15) is 0 Å². The van der Waals surface area contributed by atoms with Crippen LogP contribution in [0.15, 0.2) is 42.5 Å². The standard InChI is InChI=1S/C18H20ClNO4/c1-20(9-10-24-15-6-4-5-13(19)11-15)18(21)16-8-7-14(22-2)12-17(16)23-3/h4-8,11-12H,9-10H2,1-3H3. The molecule has 0 aliphatic rings. The van der Waals surface area contributed by atoms with Gasteiger partial charge in [0.15, 0.2) is 0 Å². The van der Waals surface area contributed by atoms with Gasteiger partial charge in [-0.1, -0.05) is 17.7 Å². The summed E-state index contributed by atoms with van der Waals surface area (Å²) >= 11 is 5.91. The normalized spacial score (nSPS) is 10.2. The van der Waals surface area contributed by atoms with Gasteiger partial charge in [-0.3, -0.25) is 4.79 Å². The number of amides is 1. The molecule has 128 valence electrons. The van der Waals surface area contributed by atoms with Crippen LogP contribution in [0.5, 0.6) is 17.2 Å². The van der Waals surface area contributed by atoms with Gasteiger partial charge in [-0.05, 0) is 30.3 Å². The number of carbonyl (C=O) groups excluding carboxylic acids is 1. The molecule has 0 bridgehead atoms. The molecule has 0 radical (unpaired) electrons. The second-order valence-corrected chi connectivity index (χ2v) is 5.54. The molecule has 2 aromatic rings. The van der Waals surface area contributed by atoms with Gasteiger partial charge in [0, 0.05) is 18.1 Å². The number of nitrogens with zero attached hydrogens (tertiary/aromatic N) is 1. The number of ether oxygens (including phenoxy) is 3. The molecule has 0 aliphatic carbocycles. The van der Waals surface area contributed by atoms with Crippen LogP contribution in [0.25, 0.3) is 0 Å². The number of hydrogen-bond donors (Lipinski definition) is 0. The highest BCUT2D eigenvalue weighted by atomic mass is 35.5. The highest BCUT2D eigenvalue weighted by Crippen LogP contribution is 2.25. The van der Waals surface area contributed by atoms with E-state index >= 15 is 0 Å². The SMILES string of the molecule is COc1ccc(C(=O)N(C)CCOc2cccc(Cl)c2)c(OC)c1. The molecule has 24 heavy (non-hydrogen) atoms. The Labute approximate surface area is 146 Å². The van der Waals surface area contributed by atoms with Crippen LogP contribution in [0.4, 0.5) is 0 Å². The molecule has 0 N–H and O–H groups in total. The molecule has 0 aliphatic heterocycles. The molecule has 1 amide bonds. The van der Waals surface area contributed by atoms with Crippen molar-refractivity contribution in [2.45, 2.75) is 0 Å². The Morgan fingerprint density at radius 2 is 1.88 bits per heavy atom. The summed E-state index contributed by atoms with van der Waals surface area (Å²) in [6, 6.07) is 12.2. The molecule has 0 unspecified atom stereocenters. The lowest BCUT2D eigenvalue weighted by Gasteiger charge is -2.19. The third-order valence-electron chi connectivity index (χ3n) is 3.48. The summed E-state index contributed by atoms with van der Waals surface area (Å²) in [6.07, 6.45) is 0. The van der Waals surface area contributed by atoms with E-state index in [-0.39, 0.29) is 5.91 Å². The van der Waals surface area contributed by atoms with Crippen LogP contribution in [-0.2, 0) is 0 Å². The maximum atomic E-state index is 12.5. The molecule has 2 rings (SSSR count). The van der Waals surface area contributed by atoms with Crippen molar-refractivity contribution >= 4 is 17.5 Å². The third-order valence-corrected chi connectivity index (χ3v) is 3.71. The van der Waals surface area contributed by atoms with Crippen molar-refractivity contribution in [3.8, 4) is 17.2 Å². The summed E-state index contributed by atoms with van der Waals surface area (Å²) in [5, 5.41) is 0.611. The lowest BCUT2D eigenvalue weighted by Crippen LogP contribution is -2.31. The highest BCUT2D eigenvalue weighted by molar-refractivity contribution is 6.30. The second-order valence-electron chi connectivity index (χ2n) is 5.10. The van der Waals surface area contributed by atoms with E-state index in [0.717, 1.165) is 0 Å². The van der Waals surface area contributed by atoms with E-state index < -0.39 is 0 Å². The molecule has 0 saturated heterocycles. The van der Waals surface area contributed by atoms with Crippen molar-refractivity contribution < 1.29 is 19.0 Å². The van der Waals surface area contributed by atoms with Crippen LogP contribution < -0.4 is 14.2 Å². The summed E-state index contributed by atoms with van der Waals surface area (Å²) in [5.74, 6) is 1.63. The zero-order valence-electron chi connectivity index (χ0n) is 13.9. The van der Waals surface area contributed by atoms with E-state index in [0.29, 0.717) is 41.0 Å². The number of rotatable bonds is 7. The molecule has 6 heteroatoms. The summed E-state index contributed by atoms with van der Waals surface area (Å²) in [5.41, 5.74) is 0.476. The minimum Gasteiger partial charge on any atom is -0.497 e. The zero-order valence-corrected chi connectivity index (χ0v) is 14.7. The smallest absolute Gasteiger partial charge is 0.257 e. The van der Waals surface area contributed by atoms with E-state index in [1.165, 1.54) is 7.11 Å². The Balaban J connectivity index is 1.97. The monoisotopic (exact) mass is 349 g/mol. The average molecular weight is 350 g/mol. The van der Waals surface area contributed by atoms with Gasteiger partial charge in [0.1, 0.15) is 23.9 Å². The fourth-order valence-corrected chi connectivity index (χ4v) is 2.32. The highest BCUT2D eigenvalue weighted by Gasteiger charge is 2.17. The van der Waals surface area contributed by atoms with Gasteiger partial charge in [0.05, 0.1) is 26.3 Å². The van der Waals surface area contributed by atoms with Crippen molar-refractivity contribution in [1.82, 2.24) is 4.90 Å². The summed E-state index contributed by atoms with van der Waals surface area (Å²) < 4.78 is 16.0. The van der Waals surface area contributed by atoms with Crippen molar-refractivity contribution in [2.75, 3.05) is 34.4 Å². The molecule has 0 atom stereocenters. The topological polar surface area (TPSA) is 48.0 Å². The molecule has 0 spiro atoms. The largest absolute Gasteiger partial charge is 0.497 e. The van der Waals surface area contributed by atoms with Crippen LogP contribution >= 0.6 is 11.6 Å². The summed E-state index contributed by atoms with van der Waals surface area (Å²) in [7, 11) is 4.80. The molecule has 0 saturated carbocycles. The van der Waals surface area contributed by atoms with E-state index in [2.05, 4.69) is 0 Å². The minimum absolute atomic E-state index is 0.149. The maximum Gasteiger partial charge on any atom is 0.257 e. The summed E-state index contributed by atoms with van der Waals surface area (Å²) in [4.78, 5) is 14.1. The fraction of sp³-hybridized carbons (Fsp3) is 0.278. The molecule has 0 heterocycles. The van der Waals surface area contributed by atoms with Crippen LogP contribution in [0.2, 0.25) is 5.02 Å². The Morgan fingerprint density at radius 3 is 2.54 bits per heavy atom. The van der Waals surface area contributed by atoms with Crippen LogP contribution in [0, 0.1) is 0 Å². The number of benzene rings is 2. The quantitative estimate of drug-likeness (QED) is 0.767. The van der Waals surface area contributed by atoms with E-state index in [1.807, 2.05) is 12.1 Å². The van der Waals surface area contributed by atoms with Gasteiger partial charge in [-0.25, -0.2) is 0 Å². The predicted molar refractivity (Wildman–Crippen MR) is 93.5 cm³/mol. The molecule has 2 aromatic carbocycles. The van der Waals surface area contributed by atoms with Crippen LogP contribution in [-0.4, -0.2) is 45.2 Å². The van der Waals surface area contributed by atoms with Gasteiger partial charge in [0.2, 0.25) is 0 Å². The molecular weight excluding hydrogens is 330 g/mol. The van der Waals surface area contributed by atoms with Crippen LogP contribution in [0.1, 0.15) is 10.4 Å². The zero-order chi connectivity index (χ0) is 17.5. The fourth-order valence-electron chi connectivity index (χ4n) is 2.14. The first-order valence-corrected chi connectivity index (χ1v) is 7.79. The lowest BCUT2D eigenvalue weighted by molar-refractivity contribution is 0.0770. The first-order chi connectivity index (χ1) is 11.5. The van der Waals surface area contributed by atoms with Crippen molar-refractivity contribution in [3.63, 3.8) is 0 Å². The molecular formula is C18H20ClNO4. The number of likely N-dealkylation sites (N-methyl/N-ethyl adjacent to an activating group) is 1.